The summed E-state index contributed by atoms with van der Waals surface area (Å²) in [5.41, 5.74) is 7.61. The van der Waals surface area contributed by atoms with Crippen LogP contribution in [0.15, 0.2) is 28.9 Å². The van der Waals surface area contributed by atoms with Crippen molar-refractivity contribution < 1.29 is 4.42 Å². The van der Waals surface area contributed by atoms with Gasteiger partial charge < -0.3 is 10.2 Å². The molecule has 1 aromatic carbocycles. The molecule has 0 saturated carbocycles. The van der Waals surface area contributed by atoms with Gasteiger partial charge in [-0.3, -0.25) is 0 Å². The summed E-state index contributed by atoms with van der Waals surface area (Å²) >= 11 is 6.27. The Hall–Kier alpha value is -0.990. The first kappa shape index (κ1) is 10.5. The van der Waals surface area contributed by atoms with E-state index in [0.29, 0.717) is 0 Å². The lowest BCUT2D eigenvalue weighted by Gasteiger charge is -2.19. The Morgan fingerprint density at radius 2 is 2.07 bits per heavy atom. The first-order valence-corrected chi connectivity index (χ1v) is 5.29. The third kappa shape index (κ3) is 2.16. The maximum absolute atomic E-state index is 6.27. The second kappa shape index (κ2) is 3.54. The van der Waals surface area contributed by atoms with Crippen LogP contribution in [0.3, 0.4) is 0 Å². The van der Waals surface area contributed by atoms with Crippen molar-refractivity contribution in [2.24, 2.45) is 5.73 Å². The van der Waals surface area contributed by atoms with Gasteiger partial charge in [0.1, 0.15) is 5.58 Å². The van der Waals surface area contributed by atoms with Crippen molar-refractivity contribution >= 4 is 22.6 Å². The van der Waals surface area contributed by atoms with Gasteiger partial charge in [0.2, 0.25) is 0 Å². The molecule has 2 aromatic rings. The molecule has 2 N–H and O–H groups in total. The van der Waals surface area contributed by atoms with Gasteiger partial charge in [0.05, 0.1) is 11.3 Å². The van der Waals surface area contributed by atoms with Gasteiger partial charge in [-0.15, -0.1) is 0 Å². The molecule has 2 rings (SSSR count). The molecule has 1 aromatic heterocycles. The highest BCUT2D eigenvalue weighted by Crippen LogP contribution is 2.29. The van der Waals surface area contributed by atoms with Crippen LogP contribution in [-0.2, 0) is 6.42 Å². The highest BCUT2D eigenvalue weighted by molar-refractivity contribution is 6.36. The lowest BCUT2D eigenvalue weighted by molar-refractivity contribution is 0.517. The average Bonchev–Trinajstić information content (AvgIpc) is 2.56. The Labute approximate surface area is 94.0 Å². The van der Waals surface area contributed by atoms with Crippen molar-refractivity contribution in [1.29, 1.82) is 0 Å². The molecule has 80 valence electrons. The number of halogens is 1. The Morgan fingerprint density at radius 3 is 2.73 bits per heavy atom. The molecular weight excluding hydrogens is 210 g/mol. The molecule has 15 heavy (non-hydrogen) atoms. The molecule has 0 spiro atoms. The smallest absolute Gasteiger partial charge is 0.135 e. The quantitative estimate of drug-likeness (QED) is 0.848. The second-order valence-corrected chi connectivity index (χ2v) is 4.91. The molecule has 0 aliphatic carbocycles. The van der Waals surface area contributed by atoms with Gasteiger partial charge in [-0.25, -0.2) is 0 Å². The summed E-state index contributed by atoms with van der Waals surface area (Å²) in [7, 11) is 0. The van der Waals surface area contributed by atoms with E-state index in [1.165, 1.54) is 0 Å². The van der Waals surface area contributed by atoms with Crippen molar-refractivity contribution in [3.63, 3.8) is 0 Å². The number of nitrogens with two attached hydrogens (primary N) is 1. The molecule has 0 aliphatic heterocycles. The third-order valence-electron chi connectivity index (χ3n) is 2.30. The largest absolute Gasteiger partial charge is 0.464 e. The van der Waals surface area contributed by atoms with Gasteiger partial charge in [0.25, 0.3) is 0 Å². The van der Waals surface area contributed by atoms with Crippen LogP contribution in [0, 0.1) is 0 Å². The van der Waals surface area contributed by atoms with E-state index < -0.39 is 0 Å². The molecule has 1 heterocycles. The number of rotatable bonds is 2. The van der Waals surface area contributed by atoms with Gasteiger partial charge in [-0.2, -0.15) is 0 Å². The SMILES string of the molecule is CC(C)(N)Cc1ccc2occc2c1Cl. The summed E-state index contributed by atoms with van der Waals surface area (Å²) < 4.78 is 5.27. The van der Waals surface area contributed by atoms with E-state index >= 15 is 0 Å². The van der Waals surface area contributed by atoms with Crippen LogP contribution in [0.4, 0.5) is 0 Å². The van der Waals surface area contributed by atoms with Crippen LogP contribution in [-0.4, -0.2) is 5.54 Å². The van der Waals surface area contributed by atoms with Gasteiger partial charge >= 0.3 is 0 Å². The minimum Gasteiger partial charge on any atom is -0.464 e. The first-order chi connectivity index (χ1) is 6.97. The van der Waals surface area contributed by atoms with E-state index in [1.54, 1.807) is 6.26 Å². The summed E-state index contributed by atoms with van der Waals surface area (Å²) in [6.45, 7) is 3.98. The van der Waals surface area contributed by atoms with E-state index in [-0.39, 0.29) is 5.54 Å². The molecule has 0 unspecified atom stereocenters. The Bertz CT molecular complexity index is 482. The van der Waals surface area contributed by atoms with Gasteiger partial charge in [-0.1, -0.05) is 17.7 Å². The van der Waals surface area contributed by atoms with E-state index in [4.69, 9.17) is 21.8 Å². The fourth-order valence-electron chi connectivity index (χ4n) is 1.68. The number of hydrogen-bond acceptors (Lipinski definition) is 2. The summed E-state index contributed by atoms with van der Waals surface area (Å²) in [6.07, 6.45) is 2.40. The molecule has 0 aliphatic rings. The zero-order valence-corrected chi connectivity index (χ0v) is 9.64. The van der Waals surface area contributed by atoms with Crippen molar-refractivity contribution in [3.05, 3.63) is 35.0 Å². The molecule has 0 fully saturated rings. The summed E-state index contributed by atoms with van der Waals surface area (Å²) in [6, 6.07) is 5.79. The number of benzene rings is 1. The Kier molecular flexibility index (Phi) is 2.49. The van der Waals surface area contributed by atoms with Crippen LogP contribution in [0.5, 0.6) is 0 Å². The molecule has 0 atom stereocenters. The van der Waals surface area contributed by atoms with Crippen molar-refractivity contribution in [2.45, 2.75) is 25.8 Å². The fourth-order valence-corrected chi connectivity index (χ4v) is 1.97. The lowest BCUT2D eigenvalue weighted by atomic mass is 9.95. The molecule has 0 bridgehead atoms. The molecule has 2 nitrogen and oxygen atoms in total. The standard InChI is InChI=1S/C12H14ClNO/c1-12(2,14)7-8-3-4-10-9(11(8)13)5-6-15-10/h3-6H,7,14H2,1-2H3. The monoisotopic (exact) mass is 223 g/mol. The van der Waals surface area contributed by atoms with Crippen LogP contribution in [0.2, 0.25) is 5.02 Å². The topological polar surface area (TPSA) is 39.2 Å². The van der Waals surface area contributed by atoms with E-state index in [1.807, 2.05) is 32.0 Å². The van der Waals surface area contributed by atoms with Crippen LogP contribution in [0.1, 0.15) is 19.4 Å². The highest BCUT2D eigenvalue weighted by atomic mass is 35.5. The van der Waals surface area contributed by atoms with Crippen molar-refractivity contribution in [3.8, 4) is 0 Å². The fraction of sp³-hybridized carbons (Fsp3) is 0.333. The lowest BCUT2D eigenvalue weighted by Crippen LogP contribution is -2.34. The van der Waals surface area contributed by atoms with Crippen LogP contribution >= 0.6 is 11.6 Å². The minimum atomic E-state index is -0.249. The van der Waals surface area contributed by atoms with Gasteiger partial charge in [-0.05, 0) is 38.0 Å². The maximum Gasteiger partial charge on any atom is 0.135 e. The zero-order valence-electron chi connectivity index (χ0n) is 8.88. The molecular formula is C12H14ClNO. The predicted octanol–water partition coefficient (Wildman–Crippen LogP) is 3.37. The summed E-state index contributed by atoms with van der Waals surface area (Å²) in [5, 5.41) is 1.71. The predicted molar refractivity (Wildman–Crippen MR) is 63.2 cm³/mol. The molecule has 0 radical (unpaired) electrons. The van der Waals surface area contributed by atoms with Crippen LogP contribution < -0.4 is 5.73 Å². The van der Waals surface area contributed by atoms with E-state index in [9.17, 15) is 0 Å². The maximum atomic E-state index is 6.27. The number of furan rings is 1. The minimum absolute atomic E-state index is 0.249. The van der Waals surface area contributed by atoms with Crippen molar-refractivity contribution in [1.82, 2.24) is 0 Å². The normalized spacial score (nSPS) is 12.3. The van der Waals surface area contributed by atoms with Gasteiger partial charge in [0, 0.05) is 10.9 Å². The van der Waals surface area contributed by atoms with Crippen molar-refractivity contribution in [2.75, 3.05) is 0 Å². The molecule has 0 saturated heterocycles. The number of fused-ring (bicyclic) bond motifs is 1. The molecule has 0 amide bonds. The Balaban J connectivity index is 2.48. The average molecular weight is 224 g/mol. The molecule has 3 heteroatoms. The third-order valence-corrected chi connectivity index (χ3v) is 2.74. The Morgan fingerprint density at radius 1 is 1.33 bits per heavy atom. The van der Waals surface area contributed by atoms with E-state index in [0.717, 1.165) is 28.0 Å². The van der Waals surface area contributed by atoms with Gasteiger partial charge in [0.15, 0.2) is 0 Å². The summed E-state index contributed by atoms with van der Waals surface area (Å²) in [5.74, 6) is 0. The van der Waals surface area contributed by atoms with E-state index in [2.05, 4.69) is 0 Å². The number of hydrogen-bond donors (Lipinski definition) is 1. The first-order valence-electron chi connectivity index (χ1n) is 4.91. The highest BCUT2D eigenvalue weighted by Gasteiger charge is 2.15. The summed E-state index contributed by atoms with van der Waals surface area (Å²) in [4.78, 5) is 0. The van der Waals surface area contributed by atoms with Crippen LogP contribution in [0.25, 0.3) is 11.0 Å². The zero-order chi connectivity index (χ0) is 11.1. The second-order valence-electron chi connectivity index (χ2n) is 4.54.